The van der Waals surface area contributed by atoms with E-state index in [9.17, 15) is 9.18 Å². The molecule has 1 saturated heterocycles. The average Bonchev–Trinajstić information content (AvgIpc) is 3.04. The van der Waals surface area contributed by atoms with Crippen molar-refractivity contribution in [2.24, 2.45) is 0 Å². The molecule has 1 aliphatic heterocycles. The highest BCUT2D eigenvalue weighted by Crippen LogP contribution is 2.23. The standard InChI is InChI=1S/C20H27FN4O2/c1-4-27-20(26)24-10-8-17(9-11-24)23-14(2)19-13-22-25(15(19)3)18-7-5-6-16(21)12-18/h5-7,12-14,17,23H,4,8-11H2,1-3H3/t14-/m1/s1. The summed E-state index contributed by atoms with van der Waals surface area (Å²) < 4.78 is 20.3. The number of carbonyl (C=O) groups excluding carboxylic acids is 1. The summed E-state index contributed by atoms with van der Waals surface area (Å²) >= 11 is 0. The molecule has 7 heteroatoms. The van der Waals surface area contributed by atoms with Gasteiger partial charge < -0.3 is 15.0 Å². The van der Waals surface area contributed by atoms with Crippen molar-refractivity contribution >= 4 is 6.09 Å². The van der Waals surface area contributed by atoms with Gasteiger partial charge in [-0.3, -0.25) is 0 Å². The van der Waals surface area contributed by atoms with Gasteiger partial charge in [0, 0.05) is 36.4 Å². The van der Waals surface area contributed by atoms with Crippen molar-refractivity contribution in [2.45, 2.75) is 45.7 Å². The Hall–Kier alpha value is -2.41. The van der Waals surface area contributed by atoms with Crippen LogP contribution in [-0.2, 0) is 4.74 Å². The highest BCUT2D eigenvalue weighted by Gasteiger charge is 2.25. The molecule has 0 radical (unpaired) electrons. The minimum Gasteiger partial charge on any atom is -0.450 e. The number of aromatic nitrogens is 2. The fraction of sp³-hybridized carbons (Fsp3) is 0.500. The largest absolute Gasteiger partial charge is 0.450 e. The first-order valence-electron chi connectivity index (χ1n) is 9.47. The van der Waals surface area contributed by atoms with Crippen LogP contribution in [0.3, 0.4) is 0 Å². The molecule has 1 aromatic heterocycles. The maximum absolute atomic E-state index is 13.5. The van der Waals surface area contributed by atoms with Crippen molar-refractivity contribution in [3.8, 4) is 5.69 Å². The third kappa shape index (κ3) is 4.47. The Kier molecular flexibility index (Phi) is 6.11. The number of rotatable bonds is 5. The summed E-state index contributed by atoms with van der Waals surface area (Å²) in [4.78, 5) is 13.6. The second kappa shape index (κ2) is 8.52. The van der Waals surface area contributed by atoms with Crippen LogP contribution in [0.2, 0.25) is 0 Å². The number of amides is 1. The van der Waals surface area contributed by atoms with E-state index in [-0.39, 0.29) is 18.0 Å². The van der Waals surface area contributed by atoms with Gasteiger partial charge in [0.2, 0.25) is 0 Å². The average molecular weight is 374 g/mol. The maximum Gasteiger partial charge on any atom is 0.409 e. The molecule has 27 heavy (non-hydrogen) atoms. The summed E-state index contributed by atoms with van der Waals surface area (Å²) in [6.07, 6.45) is 3.39. The van der Waals surface area contributed by atoms with Crippen molar-refractivity contribution in [1.82, 2.24) is 20.0 Å². The predicted octanol–water partition coefficient (Wildman–Crippen LogP) is 3.59. The molecule has 1 atom stereocenters. The molecule has 1 fully saturated rings. The lowest BCUT2D eigenvalue weighted by Crippen LogP contribution is -2.45. The normalized spacial score (nSPS) is 16.4. The fourth-order valence-electron chi connectivity index (χ4n) is 3.60. The summed E-state index contributed by atoms with van der Waals surface area (Å²) in [6, 6.07) is 6.89. The number of hydrogen-bond donors (Lipinski definition) is 1. The van der Waals surface area contributed by atoms with Crippen molar-refractivity contribution in [2.75, 3.05) is 19.7 Å². The van der Waals surface area contributed by atoms with E-state index < -0.39 is 0 Å². The number of ether oxygens (including phenoxy) is 1. The first-order valence-corrected chi connectivity index (χ1v) is 9.47. The minimum absolute atomic E-state index is 0.117. The quantitative estimate of drug-likeness (QED) is 0.869. The van der Waals surface area contributed by atoms with Crippen LogP contribution in [0.4, 0.5) is 9.18 Å². The molecule has 0 unspecified atom stereocenters. The first-order chi connectivity index (χ1) is 13.0. The van der Waals surface area contributed by atoms with Gasteiger partial charge in [-0.15, -0.1) is 0 Å². The minimum atomic E-state index is -0.275. The van der Waals surface area contributed by atoms with E-state index in [4.69, 9.17) is 4.74 Å². The molecule has 3 rings (SSSR count). The number of nitrogens with one attached hydrogen (secondary N) is 1. The molecule has 2 aromatic rings. The molecule has 6 nitrogen and oxygen atoms in total. The zero-order chi connectivity index (χ0) is 19.4. The van der Waals surface area contributed by atoms with E-state index >= 15 is 0 Å². The van der Waals surface area contributed by atoms with Gasteiger partial charge in [0.05, 0.1) is 18.5 Å². The summed E-state index contributed by atoms with van der Waals surface area (Å²) in [7, 11) is 0. The molecule has 1 N–H and O–H groups in total. The van der Waals surface area contributed by atoms with Crippen LogP contribution in [0, 0.1) is 12.7 Å². The van der Waals surface area contributed by atoms with Crippen LogP contribution in [0.25, 0.3) is 5.69 Å². The van der Waals surface area contributed by atoms with Gasteiger partial charge in [-0.2, -0.15) is 5.10 Å². The van der Waals surface area contributed by atoms with Gasteiger partial charge in [-0.05, 0) is 51.8 Å². The summed E-state index contributed by atoms with van der Waals surface area (Å²) in [5, 5.41) is 8.07. The molecule has 146 valence electrons. The Bertz CT molecular complexity index is 784. The van der Waals surface area contributed by atoms with Crippen LogP contribution in [-0.4, -0.2) is 46.5 Å². The molecule has 0 aliphatic carbocycles. The van der Waals surface area contributed by atoms with Crippen molar-refractivity contribution in [3.63, 3.8) is 0 Å². The first kappa shape index (κ1) is 19.4. The van der Waals surface area contributed by atoms with Crippen molar-refractivity contribution in [1.29, 1.82) is 0 Å². The third-order valence-electron chi connectivity index (χ3n) is 5.07. The molecule has 0 spiro atoms. The maximum atomic E-state index is 13.5. The lowest BCUT2D eigenvalue weighted by Gasteiger charge is -2.33. The van der Waals surface area contributed by atoms with Crippen LogP contribution in [0.1, 0.15) is 44.0 Å². The molecule has 0 bridgehead atoms. The van der Waals surface area contributed by atoms with Crippen molar-refractivity contribution in [3.05, 3.63) is 47.5 Å². The summed E-state index contributed by atoms with van der Waals surface area (Å²) in [5.41, 5.74) is 2.80. The topological polar surface area (TPSA) is 59.4 Å². The number of carbonyl (C=O) groups is 1. The number of halogens is 1. The molecule has 1 aromatic carbocycles. The van der Waals surface area contributed by atoms with Gasteiger partial charge in [-0.25, -0.2) is 13.9 Å². The summed E-state index contributed by atoms with van der Waals surface area (Å²) in [5.74, 6) is -0.275. The van der Waals surface area contributed by atoms with Gasteiger partial charge in [0.25, 0.3) is 0 Å². The highest BCUT2D eigenvalue weighted by molar-refractivity contribution is 5.67. The van der Waals surface area contributed by atoms with Crippen LogP contribution >= 0.6 is 0 Å². The van der Waals surface area contributed by atoms with E-state index in [2.05, 4.69) is 17.3 Å². The monoisotopic (exact) mass is 374 g/mol. The smallest absolute Gasteiger partial charge is 0.409 e. The van der Waals surface area contributed by atoms with E-state index in [0.29, 0.717) is 31.4 Å². The number of benzene rings is 1. The van der Waals surface area contributed by atoms with E-state index in [1.54, 1.807) is 15.6 Å². The summed E-state index contributed by atoms with van der Waals surface area (Å²) in [6.45, 7) is 7.73. The van der Waals surface area contributed by atoms with Gasteiger partial charge in [-0.1, -0.05) is 6.07 Å². The lowest BCUT2D eigenvalue weighted by atomic mass is 10.0. The van der Waals surface area contributed by atoms with Crippen molar-refractivity contribution < 1.29 is 13.9 Å². The molecule has 1 aliphatic rings. The Morgan fingerprint density at radius 1 is 1.41 bits per heavy atom. The second-order valence-corrected chi connectivity index (χ2v) is 6.93. The number of nitrogens with zero attached hydrogens (tertiary/aromatic N) is 3. The van der Waals surface area contributed by atoms with Crippen LogP contribution in [0.5, 0.6) is 0 Å². The molecular weight excluding hydrogens is 347 g/mol. The van der Waals surface area contributed by atoms with E-state index in [0.717, 1.165) is 24.1 Å². The van der Waals surface area contributed by atoms with E-state index in [1.165, 1.54) is 12.1 Å². The molecule has 1 amide bonds. The van der Waals surface area contributed by atoms with Crippen LogP contribution in [0.15, 0.2) is 30.5 Å². The Morgan fingerprint density at radius 2 is 2.15 bits per heavy atom. The highest BCUT2D eigenvalue weighted by atomic mass is 19.1. The van der Waals surface area contributed by atoms with Gasteiger partial charge in [0.1, 0.15) is 5.82 Å². The zero-order valence-corrected chi connectivity index (χ0v) is 16.1. The number of likely N-dealkylation sites (tertiary alicyclic amines) is 1. The Morgan fingerprint density at radius 3 is 2.81 bits per heavy atom. The number of hydrogen-bond acceptors (Lipinski definition) is 4. The van der Waals surface area contributed by atoms with E-state index in [1.807, 2.05) is 26.1 Å². The Labute approximate surface area is 159 Å². The number of piperidine rings is 1. The van der Waals surface area contributed by atoms with Crippen LogP contribution < -0.4 is 5.32 Å². The second-order valence-electron chi connectivity index (χ2n) is 6.93. The lowest BCUT2D eigenvalue weighted by molar-refractivity contribution is 0.0943. The zero-order valence-electron chi connectivity index (χ0n) is 16.1. The predicted molar refractivity (Wildman–Crippen MR) is 101 cm³/mol. The Balaban J connectivity index is 1.61. The fourth-order valence-corrected chi connectivity index (χ4v) is 3.60. The van der Waals surface area contributed by atoms with Gasteiger partial charge >= 0.3 is 6.09 Å². The SMILES string of the molecule is CCOC(=O)N1CCC(N[C@H](C)c2cnn(-c3cccc(F)c3)c2C)CC1. The van der Waals surface area contributed by atoms with Gasteiger partial charge in [0.15, 0.2) is 0 Å². The third-order valence-corrected chi connectivity index (χ3v) is 5.07. The molecule has 0 saturated carbocycles. The molecule has 2 heterocycles. The molecular formula is C20H27FN4O2.